The highest BCUT2D eigenvalue weighted by molar-refractivity contribution is 5.82. The molecule has 0 saturated carbocycles. The van der Waals surface area contributed by atoms with E-state index in [-0.39, 0.29) is 11.6 Å². The number of benzene rings is 1. The van der Waals surface area contributed by atoms with Crippen LogP contribution in [-0.2, 0) is 0 Å². The summed E-state index contributed by atoms with van der Waals surface area (Å²) in [6.45, 7) is 10.9. The first-order valence-corrected chi connectivity index (χ1v) is 7.92. The molecule has 0 bridgehead atoms. The Labute approximate surface area is 128 Å². The maximum Gasteiger partial charge on any atom is 0.0750 e. The molecule has 2 rings (SSSR count). The van der Waals surface area contributed by atoms with Crippen LogP contribution in [0.2, 0.25) is 0 Å². The summed E-state index contributed by atoms with van der Waals surface area (Å²) >= 11 is 0. The smallest absolute Gasteiger partial charge is 0.0750 e. The maximum absolute atomic E-state index is 6.72. The Morgan fingerprint density at radius 3 is 2.43 bits per heavy atom. The lowest BCUT2D eigenvalue weighted by molar-refractivity contribution is 0.0848. The summed E-state index contributed by atoms with van der Waals surface area (Å²) in [5.74, 6) is 0. The zero-order valence-electron chi connectivity index (χ0n) is 13.6. The Kier molecular flexibility index (Phi) is 4.96. The minimum Gasteiger partial charge on any atom is -0.322 e. The predicted octanol–water partition coefficient (Wildman–Crippen LogP) is 3.75. The largest absolute Gasteiger partial charge is 0.322 e. The number of pyridine rings is 1. The topological polar surface area (TPSA) is 42.1 Å². The third-order valence-electron chi connectivity index (χ3n) is 4.87. The average Bonchev–Trinajstić information content (AvgIpc) is 2.54. The summed E-state index contributed by atoms with van der Waals surface area (Å²) in [4.78, 5) is 7.02. The van der Waals surface area contributed by atoms with E-state index in [1.165, 1.54) is 0 Å². The van der Waals surface area contributed by atoms with Crippen molar-refractivity contribution < 1.29 is 0 Å². The number of nitrogens with two attached hydrogens (primary N) is 1. The monoisotopic (exact) mass is 285 g/mol. The Morgan fingerprint density at radius 2 is 1.81 bits per heavy atom. The van der Waals surface area contributed by atoms with Crippen LogP contribution in [0.15, 0.2) is 36.5 Å². The van der Waals surface area contributed by atoms with Gasteiger partial charge < -0.3 is 5.73 Å². The van der Waals surface area contributed by atoms with Crippen LogP contribution in [0.25, 0.3) is 10.9 Å². The summed E-state index contributed by atoms with van der Waals surface area (Å²) in [7, 11) is 0. The molecular formula is C18H27N3. The van der Waals surface area contributed by atoms with Crippen molar-refractivity contribution in [2.45, 2.75) is 45.7 Å². The lowest BCUT2D eigenvalue weighted by Crippen LogP contribution is -2.53. The normalized spacial score (nSPS) is 16.1. The first-order valence-electron chi connectivity index (χ1n) is 7.92. The van der Waals surface area contributed by atoms with Gasteiger partial charge in [0.2, 0.25) is 0 Å². The number of hydrogen-bond acceptors (Lipinski definition) is 3. The average molecular weight is 285 g/mol. The van der Waals surface area contributed by atoms with Gasteiger partial charge in [0, 0.05) is 17.1 Å². The number of para-hydroxylation sites is 1. The zero-order valence-corrected chi connectivity index (χ0v) is 13.6. The summed E-state index contributed by atoms with van der Waals surface area (Å²) in [5, 5.41) is 1.16. The molecule has 2 atom stereocenters. The molecular weight excluding hydrogens is 258 g/mol. The Balaban J connectivity index is 2.52. The first kappa shape index (κ1) is 15.9. The molecule has 21 heavy (non-hydrogen) atoms. The molecule has 3 heteroatoms. The predicted molar refractivity (Wildman–Crippen MR) is 90.3 cm³/mol. The van der Waals surface area contributed by atoms with Crippen LogP contribution >= 0.6 is 0 Å². The highest BCUT2D eigenvalue weighted by atomic mass is 15.2. The van der Waals surface area contributed by atoms with E-state index < -0.39 is 0 Å². The molecule has 1 aromatic heterocycles. The van der Waals surface area contributed by atoms with Crippen molar-refractivity contribution in [3.8, 4) is 0 Å². The molecule has 0 spiro atoms. The molecule has 0 aliphatic heterocycles. The van der Waals surface area contributed by atoms with E-state index in [0.717, 1.165) is 36.0 Å². The number of fused-ring (bicyclic) bond motifs is 1. The van der Waals surface area contributed by atoms with E-state index in [1.807, 2.05) is 12.3 Å². The van der Waals surface area contributed by atoms with Gasteiger partial charge in [-0.3, -0.25) is 9.88 Å². The van der Waals surface area contributed by atoms with E-state index in [1.54, 1.807) is 0 Å². The standard InChI is InChI=1S/C18H27N3/c1-5-18(4,21(6-2)7-3)17(19)15-12-8-10-14-11-9-13-20-16(14)15/h8-13,17H,5-7,19H2,1-4H3. The molecule has 3 nitrogen and oxygen atoms in total. The van der Waals surface area contributed by atoms with E-state index in [0.29, 0.717) is 0 Å². The highest BCUT2D eigenvalue weighted by Crippen LogP contribution is 2.34. The molecule has 0 aliphatic rings. The van der Waals surface area contributed by atoms with Crippen molar-refractivity contribution >= 4 is 10.9 Å². The van der Waals surface area contributed by atoms with Gasteiger partial charge in [0.15, 0.2) is 0 Å². The SMILES string of the molecule is CCN(CC)C(C)(CC)C(N)c1cccc2cccnc12. The van der Waals surface area contributed by atoms with Crippen LogP contribution < -0.4 is 5.73 Å². The first-order chi connectivity index (χ1) is 10.1. The Bertz CT molecular complexity index is 587. The minimum atomic E-state index is -0.0602. The van der Waals surface area contributed by atoms with Crippen LogP contribution in [-0.4, -0.2) is 28.5 Å². The molecule has 114 valence electrons. The van der Waals surface area contributed by atoms with Crippen molar-refractivity contribution in [2.24, 2.45) is 5.73 Å². The van der Waals surface area contributed by atoms with E-state index in [4.69, 9.17) is 5.73 Å². The Hall–Kier alpha value is -1.45. The van der Waals surface area contributed by atoms with Gasteiger partial charge in [-0.05, 0) is 38.1 Å². The molecule has 2 N–H and O–H groups in total. The van der Waals surface area contributed by atoms with Gasteiger partial charge in [-0.2, -0.15) is 0 Å². The van der Waals surface area contributed by atoms with Gasteiger partial charge in [-0.25, -0.2) is 0 Å². The maximum atomic E-state index is 6.72. The minimum absolute atomic E-state index is 0.0546. The van der Waals surface area contributed by atoms with Crippen molar-refractivity contribution in [1.82, 2.24) is 9.88 Å². The molecule has 2 unspecified atom stereocenters. The fraction of sp³-hybridized carbons (Fsp3) is 0.500. The van der Waals surface area contributed by atoms with Crippen molar-refractivity contribution in [2.75, 3.05) is 13.1 Å². The molecule has 0 amide bonds. The summed E-state index contributed by atoms with van der Waals surface area (Å²) < 4.78 is 0. The van der Waals surface area contributed by atoms with Crippen molar-refractivity contribution in [1.29, 1.82) is 0 Å². The van der Waals surface area contributed by atoms with Gasteiger partial charge in [0.1, 0.15) is 0 Å². The molecule has 1 heterocycles. The molecule has 2 aromatic rings. The van der Waals surface area contributed by atoms with Crippen molar-refractivity contribution in [3.63, 3.8) is 0 Å². The summed E-state index contributed by atoms with van der Waals surface area (Å²) in [6.07, 6.45) is 2.86. The number of likely N-dealkylation sites (N-methyl/N-ethyl adjacent to an activating group) is 1. The van der Waals surface area contributed by atoms with Gasteiger partial charge in [0.25, 0.3) is 0 Å². The number of rotatable bonds is 6. The fourth-order valence-electron chi connectivity index (χ4n) is 3.30. The van der Waals surface area contributed by atoms with E-state index >= 15 is 0 Å². The second-order valence-electron chi connectivity index (χ2n) is 5.78. The molecule has 0 fully saturated rings. The van der Waals surface area contributed by atoms with Gasteiger partial charge >= 0.3 is 0 Å². The van der Waals surface area contributed by atoms with Crippen LogP contribution in [0.5, 0.6) is 0 Å². The van der Waals surface area contributed by atoms with Crippen LogP contribution in [0.1, 0.15) is 45.7 Å². The lowest BCUT2D eigenvalue weighted by Gasteiger charge is -2.44. The fourth-order valence-corrected chi connectivity index (χ4v) is 3.30. The quantitative estimate of drug-likeness (QED) is 0.879. The van der Waals surface area contributed by atoms with E-state index in [9.17, 15) is 0 Å². The zero-order chi connectivity index (χ0) is 15.5. The summed E-state index contributed by atoms with van der Waals surface area (Å²) in [5.41, 5.74) is 8.83. The lowest BCUT2D eigenvalue weighted by atomic mass is 9.82. The molecule has 0 saturated heterocycles. The highest BCUT2D eigenvalue weighted by Gasteiger charge is 2.36. The number of nitrogens with zero attached hydrogens (tertiary/aromatic N) is 2. The van der Waals surface area contributed by atoms with Gasteiger partial charge in [0.05, 0.1) is 11.6 Å². The third kappa shape index (κ3) is 2.81. The molecule has 0 radical (unpaired) electrons. The van der Waals surface area contributed by atoms with Gasteiger partial charge in [-0.1, -0.05) is 45.0 Å². The third-order valence-corrected chi connectivity index (χ3v) is 4.87. The Morgan fingerprint density at radius 1 is 1.14 bits per heavy atom. The second-order valence-corrected chi connectivity index (χ2v) is 5.78. The van der Waals surface area contributed by atoms with Gasteiger partial charge in [-0.15, -0.1) is 0 Å². The van der Waals surface area contributed by atoms with Crippen molar-refractivity contribution in [3.05, 3.63) is 42.1 Å². The van der Waals surface area contributed by atoms with Crippen LogP contribution in [0.3, 0.4) is 0 Å². The van der Waals surface area contributed by atoms with Crippen LogP contribution in [0, 0.1) is 0 Å². The molecule has 1 aromatic carbocycles. The number of aromatic nitrogens is 1. The number of hydrogen-bond donors (Lipinski definition) is 1. The van der Waals surface area contributed by atoms with Crippen LogP contribution in [0.4, 0.5) is 0 Å². The summed E-state index contributed by atoms with van der Waals surface area (Å²) in [6, 6.07) is 10.3. The second kappa shape index (κ2) is 6.54. The van der Waals surface area contributed by atoms with E-state index in [2.05, 4.69) is 61.8 Å². The molecule has 0 aliphatic carbocycles.